The van der Waals surface area contributed by atoms with Crippen LogP contribution in [0, 0.1) is 10.1 Å². The number of urea groups is 1. The largest absolute Gasteiger partial charge is 0.378 e. The summed E-state index contributed by atoms with van der Waals surface area (Å²) < 4.78 is 23.2. The van der Waals surface area contributed by atoms with Gasteiger partial charge in [0.05, 0.1) is 9.82 Å². The Morgan fingerprint density at radius 2 is 1.64 bits per heavy atom. The molecule has 180 valence electrons. The lowest BCUT2D eigenvalue weighted by molar-refractivity contribution is -0.384. The number of carbonyl (C=O) groups is 1. The number of carbonyl (C=O) groups excluding carboxylic acids is 1. The van der Waals surface area contributed by atoms with Crippen LogP contribution >= 0.6 is 0 Å². The van der Waals surface area contributed by atoms with Crippen molar-refractivity contribution in [3.05, 3.63) is 63.7 Å². The lowest BCUT2D eigenvalue weighted by atomic mass is 10.1. The minimum Gasteiger partial charge on any atom is -0.378 e. The second-order valence-corrected chi connectivity index (χ2v) is 9.54. The molecule has 2 aromatic rings. The van der Waals surface area contributed by atoms with Crippen molar-refractivity contribution in [1.82, 2.24) is 15.5 Å². The van der Waals surface area contributed by atoms with Crippen molar-refractivity contribution in [2.75, 3.05) is 37.8 Å². The van der Waals surface area contributed by atoms with E-state index < -0.39 is 14.8 Å². The van der Waals surface area contributed by atoms with Gasteiger partial charge in [-0.2, -0.15) is 0 Å². The van der Waals surface area contributed by atoms with E-state index in [4.69, 9.17) is 0 Å². The van der Waals surface area contributed by atoms with Gasteiger partial charge in [-0.3, -0.25) is 15.0 Å². The average Bonchev–Trinajstić information content (AvgIpc) is 2.79. The van der Waals surface area contributed by atoms with Crippen molar-refractivity contribution >= 4 is 27.2 Å². The lowest BCUT2D eigenvalue weighted by Crippen LogP contribution is -2.37. The van der Waals surface area contributed by atoms with Crippen molar-refractivity contribution < 1.29 is 18.1 Å². The fourth-order valence-electron chi connectivity index (χ4n) is 3.13. The summed E-state index contributed by atoms with van der Waals surface area (Å²) in [6.07, 6.45) is 0.988. The minimum atomic E-state index is -3.55. The SMILES string of the molecule is CCN(CC)Cc1ccc(CNC(=O)NCCNc2ccc(S(C)(=O)=O)cc2[N+](=O)[O-])cc1. The van der Waals surface area contributed by atoms with E-state index in [1.54, 1.807) is 0 Å². The van der Waals surface area contributed by atoms with E-state index in [1.165, 1.54) is 17.7 Å². The minimum absolute atomic E-state index is 0.127. The summed E-state index contributed by atoms with van der Waals surface area (Å²) in [4.78, 5) is 24.8. The van der Waals surface area contributed by atoms with Gasteiger partial charge in [-0.05, 0) is 36.3 Å². The van der Waals surface area contributed by atoms with Crippen LogP contribution in [-0.2, 0) is 22.9 Å². The molecular formula is C22H31N5O5S. The third-order valence-corrected chi connectivity index (χ3v) is 6.21. The first kappa shape index (κ1) is 26.1. The van der Waals surface area contributed by atoms with E-state index in [-0.39, 0.29) is 35.4 Å². The van der Waals surface area contributed by atoms with E-state index in [0.29, 0.717) is 6.54 Å². The quantitative estimate of drug-likeness (QED) is 0.243. The lowest BCUT2D eigenvalue weighted by Gasteiger charge is -2.18. The highest BCUT2D eigenvalue weighted by Gasteiger charge is 2.18. The summed E-state index contributed by atoms with van der Waals surface area (Å²) in [7, 11) is -3.55. The number of nitro benzene ring substituents is 1. The molecule has 0 aliphatic carbocycles. The Balaban J connectivity index is 1.78. The molecule has 10 nitrogen and oxygen atoms in total. The second-order valence-electron chi connectivity index (χ2n) is 7.52. The van der Waals surface area contributed by atoms with Crippen LogP contribution in [0.3, 0.4) is 0 Å². The topological polar surface area (TPSA) is 134 Å². The van der Waals surface area contributed by atoms with E-state index in [9.17, 15) is 23.3 Å². The van der Waals surface area contributed by atoms with Crippen LogP contribution in [-0.4, -0.2) is 56.7 Å². The fraction of sp³-hybridized carbons (Fsp3) is 0.409. The molecule has 0 bridgehead atoms. The third kappa shape index (κ3) is 8.35. The molecule has 0 aliphatic rings. The molecule has 2 aromatic carbocycles. The van der Waals surface area contributed by atoms with Gasteiger partial charge in [0.25, 0.3) is 5.69 Å². The summed E-state index contributed by atoms with van der Waals surface area (Å²) in [5.41, 5.74) is 2.04. The normalized spacial score (nSPS) is 11.3. The number of hydrogen-bond donors (Lipinski definition) is 3. The van der Waals surface area contributed by atoms with Gasteiger partial charge in [0.15, 0.2) is 9.84 Å². The number of benzene rings is 2. The predicted octanol–water partition coefficient (Wildman–Crippen LogP) is 2.75. The van der Waals surface area contributed by atoms with Gasteiger partial charge in [0.2, 0.25) is 0 Å². The van der Waals surface area contributed by atoms with Crippen molar-refractivity contribution in [2.24, 2.45) is 0 Å². The van der Waals surface area contributed by atoms with Gasteiger partial charge in [0, 0.05) is 38.5 Å². The average molecular weight is 478 g/mol. The van der Waals surface area contributed by atoms with E-state index >= 15 is 0 Å². The first-order valence-corrected chi connectivity index (χ1v) is 12.6. The Hall–Kier alpha value is -3.18. The number of hydrogen-bond acceptors (Lipinski definition) is 7. The number of anilines is 1. The standard InChI is InChI=1S/C22H31N5O5S/c1-4-26(5-2)16-18-8-6-17(7-9-18)15-25-22(28)24-13-12-23-20-11-10-19(33(3,31)32)14-21(20)27(29)30/h6-11,14,23H,4-5,12-13,15-16H2,1-3H3,(H2,24,25,28). The fourth-order valence-corrected chi connectivity index (χ4v) is 3.77. The van der Waals surface area contributed by atoms with Gasteiger partial charge < -0.3 is 16.0 Å². The van der Waals surface area contributed by atoms with Gasteiger partial charge in [-0.1, -0.05) is 38.1 Å². The van der Waals surface area contributed by atoms with Crippen molar-refractivity contribution in [2.45, 2.75) is 31.8 Å². The van der Waals surface area contributed by atoms with Gasteiger partial charge in [-0.25, -0.2) is 13.2 Å². The molecule has 0 fully saturated rings. The predicted molar refractivity (Wildman–Crippen MR) is 128 cm³/mol. The van der Waals surface area contributed by atoms with Crippen LogP contribution in [0.1, 0.15) is 25.0 Å². The number of nitrogens with one attached hydrogen (secondary N) is 3. The highest BCUT2D eigenvalue weighted by Crippen LogP contribution is 2.27. The van der Waals surface area contributed by atoms with Crippen LogP contribution in [0.15, 0.2) is 47.4 Å². The molecule has 0 unspecified atom stereocenters. The van der Waals surface area contributed by atoms with Crippen molar-refractivity contribution in [3.8, 4) is 0 Å². The molecule has 33 heavy (non-hydrogen) atoms. The molecule has 0 radical (unpaired) electrons. The van der Waals surface area contributed by atoms with Gasteiger partial charge in [-0.15, -0.1) is 0 Å². The zero-order valence-electron chi connectivity index (χ0n) is 19.1. The molecule has 11 heteroatoms. The molecule has 0 spiro atoms. The summed E-state index contributed by atoms with van der Waals surface area (Å²) in [6, 6.07) is 11.4. The van der Waals surface area contributed by atoms with Crippen LogP contribution < -0.4 is 16.0 Å². The number of amides is 2. The second kappa shape index (κ2) is 12.2. The maximum Gasteiger partial charge on any atom is 0.315 e. The van der Waals surface area contributed by atoms with E-state index in [2.05, 4.69) is 46.8 Å². The molecule has 0 aromatic heterocycles. The maximum absolute atomic E-state index is 12.0. The first-order chi connectivity index (χ1) is 15.6. The number of rotatable bonds is 12. The van der Waals surface area contributed by atoms with E-state index in [0.717, 1.165) is 37.5 Å². The van der Waals surface area contributed by atoms with Gasteiger partial charge in [0.1, 0.15) is 5.69 Å². The van der Waals surface area contributed by atoms with Crippen LogP contribution in [0.2, 0.25) is 0 Å². The molecule has 0 saturated heterocycles. The highest BCUT2D eigenvalue weighted by atomic mass is 32.2. The number of nitro groups is 1. The summed E-state index contributed by atoms with van der Waals surface area (Å²) in [6.45, 7) is 7.97. The number of sulfone groups is 1. The number of nitrogens with zero attached hydrogens (tertiary/aromatic N) is 2. The van der Waals surface area contributed by atoms with Crippen molar-refractivity contribution in [3.63, 3.8) is 0 Å². The molecule has 0 heterocycles. The summed E-state index contributed by atoms with van der Waals surface area (Å²) in [5, 5.41) is 19.6. The molecule has 0 aliphatic heterocycles. The molecule has 3 N–H and O–H groups in total. The Morgan fingerprint density at radius 3 is 2.21 bits per heavy atom. The molecule has 0 atom stereocenters. The zero-order valence-corrected chi connectivity index (χ0v) is 19.9. The van der Waals surface area contributed by atoms with Crippen molar-refractivity contribution in [1.29, 1.82) is 0 Å². The Bertz CT molecular complexity index is 1050. The Labute approximate surface area is 194 Å². The first-order valence-electron chi connectivity index (χ1n) is 10.7. The van der Waals surface area contributed by atoms with Crippen LogP contribution in [0.25, 0.3) is 0 Å². The Morgan fingerprint density at radius 1 is 1.00 bits per heavy atom. The summed E-state index contributed by atoms with van der Waals surface area (Å²) >= 11 is 0. The Kier molecular flexibility index (Phi) is 9.61. The van der Waals surface area contributed by atoms with Crippen LogP contribution in [0.4, 0.5) is 16.2 Å². The highest BCUT2D eigenvalue weighted by molar-refractivity contribution is 7.90. The van der Waals surface area contributed by atoms with Gasteiger partial charge >= 0.3 is 6.03 Å². The third-order valence-electron chi connectivity index (χ3n) is 5.10. The summed E-state index contributed by atoms with van der Waals surface area (Å²) in [5.74, 6) is 0. The maximum atomic E-state index is 12.0. The molecular weight excluding hydrogens is 446 g/mol. The molecule has 2 amide bonds. The van der Waals surface area contributed by atoms with E-state index in [1.807, 2.05) is 12.1 Å². The smallest absolute Gasteiger partial charge is 0.315 e. The zero-order chi connectivity index (χ0) is 24.4. The molecule has 0 saturated carbocycles. The van der Waals surface area contributed by atoms with Crippen LogP contribution in [0.5, 0.6) is 0 Å². The monoisotopic (exact) mass is 477 g/mol. The molecule has 2 rings (SSSR count).